The van der Waals surface area contributed by atoms with Crippen LogP contribution < -0.4 is 38.1 Å². The molecule has 1 fully saturated rings. The Labute approximate surface area is 925 Å². The van der Waals surface area contributed by atoms with E-state index in [0.717, 1.165) is 107 Å². The number of carbonyl (C=O) groups is 20. The number of esters is 1. The van der Waals surface area contributed by atoms with Crippen molar-refractivity contribution >= 4 is 167 Å². The van der Waals surface area contributed by atoms with Crippen LogP contribution in [0.25, 0.3) is 0 Å². The number of unbranched alkanes of at least 4 members (excludes halogenated alkanes) is 2. The standard InChI is InChI=1S/C15H26N2O5.C13H23NO2.C12H21NO4.2C12H24OS.2C11H21NO2S.C9H17NO2.C7H15NO.C7H14O.C6H12O/c1-9(2)8-12(13(19)6-4-10(3)18)17-14(20)7-5-11(16)15(21)22;1-9(2)8-10(3)13(16)14-7-5-6-12(14)11(4)15;1-7(2)6-11(13-10(5)15)12(16)17-9(4)8(3)14;1-10(2)12(8-9-14)7-5-4-6-11(3)13;1-10(2)8-9-12(14)7-5-4-6-11(3)13;1-7(2)11(4,5)10(14)12-9(6-15)8(3)13;1-7(2)6-9(8(3)13)12-10(14)11(4,5)15;1-6(2)5-9(7(3)11)10-8(4)12;1-5(2)4-7(8)6(3)9;1-5(2)6(3)7(4)8;1-5(2)4-6(3)7/h9,11-12H,4-8,16H2,1-3H3,(H,17,20)(H,21,22);9-10,12H,5-8H2,1-4H3;7,9,11H,6H2,1-5H3,(H,13,15);2*10,12,14H,4-9H2,1-3H3;2*7,9,15H,6H2,1-5H3,(H,12,14);6,9H,5H2,1-4H3,(H,10,12);5,7H,4,8H2,1-3H3;5-6H,1-4H3;5H,4H2,1-3H3. The molecule has 1 saturated heterocycles. The zero-order valence-electron chi connectivity index (χ0n) is 101. The van der Waals surface area contributed by atoms with Crippen molar-refractivity contribution < 1.29 is 106 Å². The van der Waals surface area contributed by atoms with Crippen molar-refractivity contribution in [2.24, 2.45) is 99.7 Å². The molecule has 0 saturated carbocycles. The van der Waals surface area contributed by atoms with Crippen molar-refractivity contribution in [2.45, 2.75) is 509 Å². The number of carbonyl (C=O) groups excluding carboxylic acids is 19. The Morgan fingerprint density at radius 2 is 0.805 bits per heavy atom. The lowest BCUT2D eigenvalue weighted by molar-refractivity contribution is -0.156. The first-order chi connectivity index (χ1) is 67.9. The van der Waals surface area contributed by atoms with Gasteiger partial charge in [-0.1, -0.05) is 199 Å². The topological polar surface area (TPSA) is 486 Å². The fourth-order valence-electron chi connectivity index (χ4n) is 13.7. The number of aliphatic carboxylic acids is 1. The number of hydrogen-bond donors (Lipinski definition) is 12. The lowest BCUT2D eigenvalue weighted by atomic mass is 9.80. The molecule has 10 N–H and O–H groups in total. The van der Waals surface area contributed by atoms with Crippen LogP contribution in [0.2, 0.25) is 0 Å². The van der Waals surface area contributed by atoms with E-state index in [1.807, 2.05) is 111 Å². The summed E-state index contributed by atoms with van der Waals surface area (Å²) >= 11 is 17.0. The Hall–Kier alpha value is -6.88. The van der Waals surface area contributed by atoms with Crippen molar-refractivity contribution in [2.75, 3.05) is 18.1 Å². The highest BCUT2D eigenvalue weighted by atomic mass is 32.1. The molecule has 0 aromatic heterocycles. The van der Waals surface area contributed by atoms with Gasteiger partial charge in [-0.25, -0.2) is 4.79 Å². The van der Waals surface area contributed by atoms with Crippen LogP contribution in [-0.4, -0.2) is 209 Å². The van der Waals surface area contributed by atoms with E-state index in [1.165, 1.54) is 94.4 Å². The molecular weight excluding hydrogens is 1970 g/mol. The van der Waals surface area contributed by atoms with Gasteiger partial charge in [-0.2, -0.15) is 50.5 Å². The van der Waals surface area contributed by atoms with Gasteiger partial charge < -0.3 is 72.0 Å². The molecule has 0 aliphatic carbocycles. The van der Waals surface area contributed by atoms with Crippen LogP contribution in [0, 0.1) is 88.3 Å². The number of carboxylic acids is 1. The van der Waals surface area contributed by atoms with E-state index in [1.54, 1.807) is 53.4 Å². The van der Waals surface area contributed by atoms with Crippen LogP contribution in [0.5, 0.6) is 0 Å². The number of nitrogens with zero attached hydrogens (tertiary/aromatic N) is 1. The Morgan fingerprint density at radius 1 is 0.396 bits per heavy atom. The Bertz CT molecular complexity index is 3840. The first-order valence-corrected chi connectivity index (χ1v) is 56.5. The summed E-state index contributed by atoms with van der Waals surface area (Å²) in [6, 6.07) is -3.98. The van der Waals surface area contributed by atoms with E-state index in [0.29, 0.717) is 83.1 Å². The third-order valence-electron chi connectivity index (χ3n) is 24.1. The van der Waals surface area contributed by atoms with Gasteiger partial charge >= 0.3 is 11.9 Å². The van der Waals surface area contributed by atoms with Crippen LogP contribution in [0.4, 0.5) is 0 Å². The zero-order valence-corrected chi connectivity index (χ0v) is 104. The van der Waals surface area contributed by atoms with Crippen LogP contribution in [0.1, 0.15) is 445 Å². The maximum Gasteiger partial charge on any atom is 0.329 e. The maximum atomic E-state index is 12.2. The van der Waals surface area contributed by atoms with Gasteiger partial charge in [-0.3, -0.25) is 71.9 Å². The number of ether oxygens (including phenoxy) is 1. The van der Waals surface area contributed by atoms with E-state index in [9.17, 15) is 95.9 Å². The van der Waals surface area contributed by atoms with E-state index < -0.39 is 58.3 Å². The van der Waals surface area contributed by atoms with Gasteiger partial charge in [0, 0.05) is 87.2 Å². The predicted octanol–water partition coefficient (Wildman–Crippen LogP) is 20.6. The van der Waals surface area contributed by atoms with Crippen molar-refractivity contribution in [1.29, 1.82) is 0 Å². The maximum absolute atomic E-state index is 12.2. The van der Waals surface area contributed by atoms with E-state index in [4.69, 9.17) is 21.3 Å². The number of likely N-dealkylation sites (tertiary alicyclic amines) is 1. The highest BCUT2D eigenvalue weighted by Gasteiger charge is 2.36. The lowest BCUT2D eigenvalue weighted by Crippen LogP contribution is -2.48. The number of rotatable bonds is 58. The molecular formula is C115H218N8O22S4. The highest BCUT2D eigenvalue weighted by molar-refractivity contribution is 7.82. The van der Waals surface area contributed by atoms with Crippen LogP contribution in [-0.2, 0) is 101 Å². The summed E-state index contributed by atoms with van der Waals surface area (Å²) in [5.74, 6) is 5.67. The summed E-state index contributed by atoms with van der Waals surface area (Å²) in [6.45, 7) is 78.5. The zero-order chi connectivity index (χ0) is 119. The van der Waals surface area contributed by atoms with Crippen molar-refractivity contribution in [3.05, 3.63) is 0 Å². The van der Waals surface area contributed by atoms with Gasteiger partial charge in [0.15, 0.2) is 40.8 Å². The predicted molar refractivity (Wildman–Crippen MR) is 621 cm³/mol. The third kappa shape index (κ3) is 103. The molecule has 1 aliphatic rings. The van der Waals surface area contributed by atoms with Gasteiger partial charge in [-0.05, 0) is 270 Å². The summed E-state index contributed by atoms with van der Waals surface area (Å²) in [5.41, 5.74) is 10.3. The molecule has 0 spiro atoms. The first kappa shape index (κ1) is 162. The quantitative estimate of drug-likeness (QED) is 0.0153. The summed E-state index contributed by atoms with van der Waals surface area (Å²) in [6.07, 6.45) is 18.1. The van der Waals surface area contributed by atoms with E-state index in [2.05, 4.69) is 146 Å². The van der Waals surface area contributed by atoms with Crippen molar-refractivity contribution in [1.82, 2.24) is 31.5 Å². The minimum absolute atomic E-state index is 0.00497. The van der Waals surface area contributed by atoms with Gasteiger partial charge in [-0.15, -0.1) is 0 Å². The van der Waals surface area contributed by atoms with Gasteiger partial charge in [0.2, 0.25) is 35.4 Å². The summed E-state index contributed by atoms with van der Waals surface area (Å²) in [4.78, 5) is 225. The average Bonchev–Trinajstić information content (AvgIpc) is 1.71. The number of amides is 6. The molecule has 13 atom stereocenters. The minimum Gasteiger partial charge on any atom is -0.480 e. The number of nitrogens with two attached hydrogens (primary N) is 2. The molecule has 1 rings (SSSR count). The molecule has 1 aliphatic heterocycles. The Morgan fingerprint density at radius 3 is 1.11 bits per heavy atom. The van der Waals surface area contributed by atoms with Crippen LogP contribution >= 0.6 is 50.5 Å². The molecule has 874 valence electrons. The lowest BCUT2D eigenvalue weighted by Gasteiger charge is -2.29. The number of nitrogens with one attached hydrogen (secondary N) is 5. The van der Waals surface area contributed by atoms with Crippen LogP contribution in [0.3, 0.4) is 0 Å². The van der Waals surface area contributed by atoms with Crippen molar-refractivity contribution in [3.8, 4) is 0 Å². The molecule has 0 bridgehead atoms. The number of thiol groups is 4. The summed E-state index contributed by atoms with van der Waals surface area (Å²) < 4.78 is 4.23. The third-order valence-corrected chi connectivity index (χ3v) is 25.4. The van der Waals surface area contributed by atoms with Gasteiger partial charge in [0.05, 0.1) is 41.0 Å². The second-order valence-electron chi connectivity index (χ2n) is 45.6. The fraction of sp³-hybridized carbons (Fsp3) is 0.826. The second-order valence-corrected chi connectivity index (χ2v) is 48.3. The second kappa shape index (κ2) is 92.4. The average molecular weight is 2190 g/mol. The molecule has 6 amide bonds. The molecule has 0 aromatic carbocycles. The summed E-state index contributed by atoms with van der Waals surface area (Å²) in [7, 11) is 0. The number of Topliss-reactive ketones (excluding diaryl/α,β-unsaturated/α-hetero) is 12. The molecule has 0 radical (unpaired) electrons. The van der Waals surface area contributed by atoms with Gasteiger partial charge in [0.25, 0.3) is 0 Å². The monoisotopic (exact) mass is 2190 g/mol. The number of hydrogen-bond acceptors (Lipinski definition) is 27. The van der Waals surface area contributed by atoms with Crippen LogP contribution in [0.15, 0.2) is 0 Å². The SMILES string of the molecule is CC(=O)C(C)C(C)C.CC(=O)C(CC(C)C)NC(=O)C(C)(C)S.CC(=O)C(CS)NC(=O)C(C)(C)C(C)C.CC(=O)C(N)CC(C)C.CC(=O)C1CCCN1C(=O)C(C)CC(C)C.CC(=O)CC(C)C.CC(=O)CCC(=O)C(CC(C)C)NC(=O)CCC(N)C(=O)O.CC(=O)CCCCC(CCS)C(C)C.CC(=O)CCCCC(S)CCC(C)C.CC(=O)NC(CC(C)C)C(=O)OC(C)C(C)=O.CC(=O)NC(CC(C)C)C(C)=O. The molecule has 13 unspecified atom stereocenters. The van der Waals surface area contributed by atoms with Crippen molar-refractivity contribution in [3.63, 3.8) is 0 Å². The fourth-order valence-corrected chi connectivity index (χ4v) is 14.7. The minimum atomic E-state index is -1.16. The number of carboxylic acid groups (broad SMARTS) is 1. The van der Waals surface area contributed by atoms with E-state index >= 15 is 0 Å². The largest absolute Gasteiger partial charge is 0.480 e. The Balaban J connectivity index is -0.000000180. The normalized spacial score (nSPS) is 14.4. The Kier molecular flexibility index (Phi) is 101. The molecule has 0 aromatic rings. The number of ketones is 12. The molecule has 34 heteroatoms. The first-order valence-electron chi connectivity index (χ1n) is 54.3. The molecule has 149 heavy (non-hydrogen) atoms. The molecule has 1 heterocycles. The molecule has 30 nitrogen and oxygen atoms in total. The van der Waals surface area contributed by atoms with E-state index in [-0.39, 0.29) is 161 Å². The summed E-state index contributed by atoms with van der Waals surface area (Å²) in [5, 5.41) is 22.4. The highest BCUT2D eigenvalue weighted by Crippen LogP contribution is 2.28. The smallest absolute Gasteiger partial charge is 0.329 e. The van der Waals surface area contributed by atoms with Gasteiger partial charge in [0.1, 0.15) is 46.8 Å².